The number of hydrogen-bond donors (Lipinski definition) is 1. The molecule has 184 valence electrons. The number of carbonyl (C=O) groups is 2. The van der Waals surface area contributed by atoms with Gasteiger partial charge in [0.2, 0.25) is 0 Å². The lowest BCUT2D eigenvalue weighted by molar-refractivity contribution is -0.141. The number of fused-ring (bicyclic) bond motifs is 3. The number of para-hydroxylation sites is 1. The number of aromatic nitrogens is 1. The fourth-order valence-electron chi connectivity index (χ4n) is 4.12. The van der Waals surface area contributed by atoms with Crippen molar-refractivity contribution in [3.63, 3.8) is 0 Å². The Balaban J connectivity index is 1.79. The van der Waals surface area contributed by atoms with Crippen LogP contribution in [0, 0.1) is 0 Å². The molecule has 0 amide bonds. The third kappa shape index (κ3) is 5.07. The predicted octanol–water partition coefficient (Wildman–Crippen LogP) is 4.82. The Morgan fingerprint density at radius 2 is 1.75 bits per heavy atom. The summed E-state index contributed by atoms with van der Waals surface area (Å²) in [5.41, 5.74) is 10.7. The summed E-state index contributed by atoms with van der Waals surface area (Å²) >= 11 is 0. The Labute approximate surface area is 208 Å². The Kier molecular flexibility index (Phi) is 7.34. The molecule has 2 N–H and O–H groups in total. The average Bonchev–Trinajstić information content (AvgIpc) is 3.19. The fraction of sp³-hybridized carbons (Fsp3) is 0.179. The summed E-state index contributed by atoms with van der Waals surface area (Å²) in [7, 11) is 0. The molecule has 8 heteroatoms. The van der Waals surface area contributed by atoms with Crippen LogP contribution in [0.2, 0.25) is 0 Å². The van der Waals surface area contributed by atoms with Crippen molar-refractivity contribution in [1.82, 2.24) is 4.57 Å². The van der Waals surface area contributed by atoms with Gasteiger partial charge in [-0.05, 0) is 49.4 Å². The number of benzene rings is 3. The molecular formula is C28H27N3O5. The number of ether oxygens (including phenoxy) is 2. The second-order valence-electron chi connectivity index (χ2n) is 7.99. The molecule has 4 aromatic rings. The zero-order valence-corrected chi connectivity index (χ0v) is 20.2. The number of oxime groups is 1. The van der Waals surface area contributed by atoms with Gasteiger partial charge in [-0.15, -0.1) is 0 Å². The van der Waals surface area contributed by atoms with E-state index >= 15 is 0 Å². The molecule has 0 fully saturated rings. The minimum Gasteiger partial charge on any atom is -0.489 e. The Morgan fingerprint density at radius 3 is 2.47 bits per heavy atom. The van der Waals surface area contributed by atoms with Crippen molar-refractivity contribution in [1.29, 1.82) is 0 Å². The first-order chi connectivity index (χ1) is 17.4. The van der Waals surface area contributed by atoms with Crippen molar-refractivity contribution < 1.29 is 23.9 Å². The van der Waals surface area contributed by atoms with Crippen LogP contribution in [0.15, 0.2) is 78.5 Å². The minimum atomic E-state index is -0.543. The fourth-order valence-corrected chi connectivity index (χ4v) is 4.12. The number of anilines is 1. The van der Waals surface area contributed by atoms with Gasteiger partial charge in [0.15, 0.2) is 0 Å². The second-order valence-corrected chi connectivity index (χ2v) is 7.99. The van der Waals surface area contributed by atoms with Gasteiger partial charge in [0.25, 0.3) is 0 Å². The molecule has 0 aliphatic carbocycles. The quantitative estimate of drug-likeness (QED) is 0.0693. The highest BCUT2D eigenvalue weighted by molar-refractivity contribution is 6.18. The number of aryl methyl sites for hydroxylation is 1. The van der Waals surface area contributed by atoms with Gasteiger partial charge in [0.05, 0.1) is 0 Å². The van der Waals surface area contributed by atoms with Crippen molar-refractivity contribution in [2.75, 3.05) is 18.9 Å². The van der Waals surface area contributed by atoms with Crippen LogP contribution in [0.4, 0.5) is 5.69 Å². The van der Waals surface area contributed by atoms with Crippen molar-refractivity contribution in [2.45, 2.75) is 20.4 Å². The van der Waals surface area contributed by atoms with Gasteiger partial charge in [-0.2, -0.15) is 0 Å². The SMILES string of the molecule is C=CC(=O)OCCOc1ccccc1/C(=N\OC(C)=O)c1ccc2c(c1)c1cc(N)ccc1n2CC. The highest BCUT2D eigenvalue weighted by Crippen LogP contribution is 2.32. The molecule has 8 nitrogen and oxygen atoms in total. The zero-order valence-electron chi connectivity index (χ0n) is 20.2. The number of nitrogens with zero attached hydrogens (tertiary/aromatic N) is 2. The topological polar surface area (TPSA) is 105 Å². The third-order valence-electron chi connectivity index (χ3n) is 5.64. The Morgan fingerprint density at radius 1 is 1.03 bits per heavy atom. The summed E-state index contributed by atoms with van der Waals surface area (Å²) in [5, 5.41) is 6.21. The molecule has 0 spiro atoms. The monoisotopic (exact) mass is 485 g/mol. The largest absolute Gasteiger partial charge is 0.489 e. The molecule has 0 atom stereocenters. The first kappa shape index (κ1) is 24.5. The van der Waals surface area contributed by atoms with Crippen molar-refractivity contribution in [3.8, 4) is 5.75 Å². The smallest absolute Gasteiger partial charge is 0.332 e. The van der Waals surface area contributed by atoms with Crippen LogP contribution in [0.25, 0.3) is 21.8 Å². The van der Waals surface area contributed by atoms with E-state index in [1.807, 2.05) is 54.6 Å². The van der Waals surface area contributed by atoms with E-state index in [1.54, 1.807) is 6.07 Å². The molecule has 0 radical (unpaired) electrons. The van der Waals surface area contributed by atoms with Crippen LogP contribution in [0.1, 0.15) is 25.0 Å². The van der Waals surface area contributed by atoms with Crippen molar-refractivity contribution in [3.05, 3.63) is 84.4 Å². The van der Waals surface area contributed by atoms with E-state index in [-0.39, 0.29) is 13.2 Å². The minimum absolute atomic E-state index is 0.0551. The standard InChI is InChI=1S/C28H27N3O5/c1-4-27(33)35-15-14-34-26-9-7-6-8-21(26)28(30-36-18(3)32)19-10-12-24-22(16-19)23-17-20(29)11-13-25(23)31(24)5-2/h4,6-13,16-17H,1,5,14-15,29H2,2-3H3/b30-28-. The van der Waals surface area contributed by atoms with Crippen molar-refractivity contribution in [2.24, 2.45) is 5.16 Å². The number of carbonyl (C=O) groups excluding carboxylic acids is 2. The highest BCUT2D eigenvalue weighted by Gasteiger charge is 2.18. The average molecular weight is 486 g/mol. The molecule has 4 rings (SSSR count). The van der Waals surface area contributed by atoms with E-state index in [4.69, 9.17) is 20.0 Å². The molecular weight excluding hydrogens is 458 g/mol. The number of nitrogens with two attached hydrogens (primary N) is 1. The molecule has 1 aromatic heterocycles. The van der Waals surface area contributed by atoms with Crippen LogP contribution < -0.4 is 10.5 Å². The Hall–Kier alpha value is -4.59. The normalized spacial score (nSPS) is 11.4. The van der Waals surface area contributed by atoms with E-state index in [9.17, 15) is 9.59 Å². The third-order valence-corrected chi connectivity index (χ3v) is 5.64. The summed E-state index contributed by atoms with van der Waals surface area (Å²) in [6.45, 7) is 7.73. The molecule has 0 aliphatic heterocycles. The maximum Gasteiger partial charge on any atom is 0.332 e. The Bertz CT molecular complexity index is 1490. The maximum absolute atomic E-state index is 11.6. The highest BCUT2D eigenvalue weighted by atomic mass is 16.7. The predicted molar refractivity (Wildman–Crippen MR) is 140 cm³/mol. The van der Waals surface area contributed by atoms with Gasteiger partial charge in [0, 0.05) is 58.2 Å². The van der Waals surface area contributed by atoms with Gasteiger partial charge in [-0.25, -0.2) is 9.59 Å². The summed E-state index contributed by atoms with van der Waals surface area (Å²) in [5.74, 6) is -0.568. The molecule has 3 aromatic carbocycles. The van der Waals surface area contributed by atoms with Crippen LogP contribution >= 0.6 is 0 Å². The summed E-state index contributed by atoms with van der Waals surface area (Å²) in [6, 6.07) is 19.1. The van der Waals surface area contributed by atoms with Gasteiger partial charge in [-0.3, -0.25) is 0 Å². The summed E-state index contributed by atoms with van der Waals surface area (Å²) < 4.78 is 13.1. The number of hydrogen-bond acceptors (Lipinski definition) is 7. The van der Waals surface area contributed by atoms with E-state index in [2.05, 4.69) is 23.2 Å². The molecule has 0 unspecified atom stereocenters. The van der Waals surface area contributed by atoms with E-state index in [0.29, 0.717) is 22.7 Å². The molecule has 1 heterocycles. The van der Waals surface area contributed by atoms with Crippen LogP contribution in [0.3, 0.4) is 0 Å². The summed E-state index contributed by atoms with van der Waals surface area (Å²) in [4.78, 5) is 28.0. The number of rotatable bonds is 9. The lowest BCUT2D eigenvalue weighted by atomic mass is 9.99. The van der Waals surface area contributed by atoms with Crippen LogP contribution in [0.5, 0.6) is 5.75 Å². The lowest BCUT2D eigenvalue weighted by Gasteiger charge is -2.13. The number of nitrogen functional groups attached to an aromatic ring is 1. The van der Waals surface area contributed by atoms with Crippen molar-refractivity contribution >= 4 is 45.1 Å². The van der Waals surface area contributed by atoms with E-state index in [0.717, 1.165) is 40.0 Å². The first-order valence-corrected chi connectivity index (χ1v) is 11.5. The first-order valence-electron chi connectivity index (χ1n) is 11.5. The van der Waals surface area contributed by atoms with Crippen LogP contribution in [-0.2, 0) is 25.7 Å². The molecule has 0 saturated carbocycles. The van der Waals surface area contributed by atoms with E-state index < -0.39 is 11.9 Å². The maximum atomic E-state index is 11.6. The molecule has 36 heavy (non-hydrogen) atoms. The lowest BCUT2D eigenvalue weighted by Crippen LogP contribution is -2.13. The van der Waals surface area contributed by atoms with Gasteiger partial charge in [-0.1, -0.05) is 29.9 Å². The molecule has 0 saturated heterocycles. The van der Waals surface area contributed by atoms with Gasteiger partial charge < -0.3 is 24.6 Å². The second kappa shape index (κ2) is 10.8. The van der Waals surface area contributed by atoms with Gasteiger partial charge in [0.1, 0.15) is 24.7 Å². The summed E-state index contributed by atoms with van der Waals surface area (Å²) in [6.07, 6.45) is 1.09. The number of esters is 1. The van der Waals surface area contributed by atoms with Gasteiger partial charge >= 0.3 is 11.9 Å². The van der Waals surface area contributed by atoms with Crippen LogP contribution in [-0.4, -0.2) is 35.4 Å². The molecule has 0 aliphatic rings. The zero-order chi connectivity index (χ0) is 25.7. The molecule has 0 bridgehead atoms. The van der Waals surface area contributed by atoms with E-state index in [1.165, 1.54) is 6.92 Å².